The molecule has 1 N–H and O–H groups in total. The summed E-state index contributed by atoms with van der Waals surface area (Å²) in [7, 11) is 0. The van der Waals surface area contributed by atoms with Gasteiger partial charge in [-0.3, -0.25) is 4.98 Å². The monoisotopic (exact) mass is 338 g/mol. The Morgan fingerprint density at radius 2 is 1.84 bits per heavy atom. The van der Waals surface area contributed by atoms with Crippen LogP contribution < -0.4 is 10.1 Å². The summed E-state index contributed by atoms with van der Waals surface area (Å²) in [6, 6.07) is 7.88. The van der Waals surface area contributed by atoms with E-state index in [2.05, 4.69) is 46.1 Å². The van der Waals surface area contributed by atoms with Crippen LogP contribution in [-0.4, -0.2) is 24.7 Å². The summed E-state index contributed by atoms with van der Waals surface area (Å²) in [5.41, 5.74) is 1.08. The van der Waals surface area contributed by atoms with Crippen LogP contribution in [0.3, 0.4) is 0 Å². The third-order valence-electron chi connectivity index (χ3n) is 3.55. The average Bonchev–Trinajstić information content (AvgIpc) is 3.06. The molecule has 0 saturated heterocycles. The summed E-state index contributed by atoms with van der Waals surface area (Å²) >= 11 is 0. The number of hydrogen-bond donors (Lipinski definition) is 1. The van der Waals surface area contributed by atoms with Crippen molar-refractivity contribution >= 4 is 0 Å². The lowest BCUT2D eigenvalue weighted by molar-refractivity contribution is 0.337. The average molecular weight is 338 g/mol. The highest BCUT2D eigenvalue weighted by atomic mass is 16.5. The van der Waals surface area contributed by atoms with Gasteiger partial charge in [-0.25, -0.2) is 14.6 Å². The highest BCUT2D eigenvalue weighted by molar-refractivity contribution is 5.29. The summed E-state index contributed by atoms with van der Waals surface area (Å²) in [6.07, 6.45) is 6.40. The van der Waals surface area contributed by atoms with Gasteiger partial charge in [0.05, 0.1) is 18.3 Å². The van der Waals surface area contributed by atoms with Crippen LogP contribution in [0, 0.1) is 0 Å². The SMILES string of the molecule is CC(C)(C)n1ncnc1CNCc1ccc(Oc2cnccn2)cc1. The van der Waals surface area contributed by atoms with Crippen molar-refractivity contribution in [2.75, 3.05) is 0 Å². The minimum absolute atomic E-state index is 0.0766. The van der Waals surface area contributed by atoms with Crippen LogP contribution >= 0.6 is 0 Å². The molecule has 25 heavy (non-hydrogen) atoms. The first-order valence-electron chi connectivity index (χ1n) is 8.15. The highest BCUT2D eigenvalue weighted by Gasteiger charge is 2.17. The molecule has 0 unspecified atom stereocenters. The van der Waals surface area contributed by atoms with Gasteiger partial charge in [0.25, 0.3) is 0 Å². The van der Waals surface area contributed by atoms with Crippen molar-refractivity contribution in [2.24, 2.45) is 0 Å². The van der Waals surface area contributed by atoms with Gasteiger partial charge in [0.15, 0.2) is 0 Å². The van der Waals surface area contributed by atoms with E-state index >= 15 is 0 Å². The Morgan fingerprint density at radius 1 is 1.04 bits per heavy atom. The van der Waals surface area contributed by atoms with Gasteiger partial charge in [-0.2, -0.15) is 5.10 Å². The van der Waals surface area contributed by atoms with Crippen molar-refractivity contribution in [2.45, 2.75) is 39.4 Å². The Balaban J connectivity index is 1.53. The molecule has 0 bridgehead atoms. The lowest BCUT2D eigenvalue weighted by Gasteiger charge is -2.21. The number of ether oxygens (including phenoxy) is 1. The Kier molecular flexibility index (Phi) is 5.04. The molecule has 0 aliphatic heterocycles. The fourth-order valence-corrected chi connectivity index (χ4v) is 2.40. The summed E-state index contributed by atoms with van der Waals surface area (Å²) in [5.74, 6) is 2.14. The Morgan fingerprint density at radius 3 is 2.52 bits per heavy atom. The molecular formula is C18H22N6O. The second-order valence-corrected chi connectivity index (χ2v) is 6.65. The van der Waals surface area contributed by atoms with Crippen LogP contribution in [0.2, 0.25) is 0 Å². The van der Waals surface area contributed by atoms with Crippen LogP contribution in [0.4, 0.5) is 0 Å². The fourth-order valence-electron chi connectivity index (χ4n) is 2.40. The van der Waals surface area contributed by atoms with Crippen molar-refractivity contribution in [3.63, 3.8) is 0 Å². The summed E-state index contributed by atoms with van der Waals surface area (Å²) in [6.45, 7) is 7.74. The molecule has 0 spiro atoms. The van der Waals surface area contributed by atoms with Gasteiger partial charge >= 0.3 is 0 Å². The number of aromatic nitrogens is 5. The zero-order chi connectivity index (χ0) is 17.7. The van der Waals surface area contributed by atoms with Crippen LogP contribution in [-0.2, 0) is 18.6 Å². The molecule has 130 valence electrons. The maximum absolute atomic E-state index is 5.63. The lowest BCUT2D eigenvalue weighted by atomic mass is 10.1. The maximum Gasteiger partial charge on any atom is 0.237 e. The van der Waals surface area contributed by atoms with Crippen molar-refractivity contribution in [3.8, 4) is 11.6 Å². The number of benzene rings is 1. The lowest BCUT2D eigenvalue weighted by Crippen LogP contribution is -2.28. The van der Waals surface area contributed by atoms with E-state index in [0.717, 1.165) is 23.7 Å². The molecule has 1 aromatic carbocycles. The predicted octanol–water partition coefficient (Wildman–Crippen LogP) is 2.91. The Labute approximate surface area is 147 Å². The van der Waals surface area contributed by atoms with Crippen molar-refractivity contribution < 1.29 is 4.74 Å². The minimum Gasteiger partial charge on any atom is -0.438 e. The topological polar surface area (TPSA) is 77.8 Å². The van der Waals surface area contributed by atoms with Gasteiger partial charge in [-0.1, -0.05) is 12.1 Å². The summed E-state index contributed by atoms with van der Waals surface area (Å²) in [5, 5.41) is 7.70. The Bertz CT molecular complexity index is 792. The first kappa shape index (κ1) is 17.0. The minimum atomic E-state index is -0.0766. The van der Waals surface area contributed by atoms with Gasteiger partial charge in [0, 0.05) is 18.9 Å². The number of nitrogens with one attached hydrogen (secondary N) is 1. The molecule has 0 aliphatic carbocycles. The zero-order valence-corrected chi connectivity index (χ0v) is 14.7. The van der Waals surface area contributed by atoms with E-state index in [0.29, 0.717) is 12.4 Å². The van der Waals surface area contributed by atoms with E-state index in [1.807, 2.05) is 28.9 Å². The smallest absolute Gasteiger partial charge is 0.237 e. The molecule has 0 aliphatic rings. The van der Waals surface area contributed by atoms with Gasteiger partial charge in [0.1, 0.15) is 17.9 Å². The normalized spacial score (nSPS) is 11.5. The molecule has 0 saturated carbocycles. The van der Waals surface area contributed by atoms with E-state index < -0.39 is 0 Å². The van der Waals surface area contributed by atoms with Gasteiger partial charge in [-0.05, 0) is 38.5 Å². The van der Waals surface area contributed by atoms with Crippen LogP contribution in [0.25, 0.3) is 0 Å². The van der Waals surface area contributed by atoms with Gasteiger partial charge in [-0.15, -0.1) is 0 Å². The van der Waals surface area contributed by atoms with E-state index in [1.165, 1.54) is 0 Å². The van der Waals surface area contributed by atoms with E-state index in [-0.39, 0.29) is 5.54 Å². The third kappa shape index (κ3) is 4.60. The molecule has 7 heteroatoms. The number of nitrogens with zero attached hydrogens (tertiary/aromatic N) is 5. The largest absolute Gasteiger partial charge is 0.438 e. The molecule has 0 fully saturated rings. The molecule has 0 atom stereocenters. The molecule has 0 amide bonds. The molecule has 3 aromatic rings. The van der Waals surface area contributed by atoms with E-state index in [1.54, 1.807) is 24.9 Å². The standard InChI is InChI=1S/C18H22N6O/c1-18(2,3)24-16(22-13-23-24)11-20-10-14-4-6-15(7-5-14)25-17-12-19-8-9-21-17/h4-9,12-13,20H,10-11H2,1-3H3. The Hall–Kier alpha value is -2.80. The predicted molar refractivity (Wildman–Crippen MR) is 94.1 cm³/mol. The number of rotatable bonds is 6. The van der Waals surface area contributed by atoms with Gasteiger partial charge < -0.3 is 10.1 Å². The van der Waals surface area contributed by atoms with Crippen molar-refractivity contribution in [1.29, 1.82) is 0 Å². The quantitative estimate of drug-likeness (QED) is 0.744. The van der Waals surface area contributed by atoms with Crippen molar-refractivity contribution in [1.82, 2.24) is 30.0 Å². The molecule has 2 heterocycles. The van der Waals surface area contributed by atoms with Crippen LogP contribution in [0.5, 0.6) is 11.6 Å². The summed E-state index contributed by atoms with van der Waals surface area (Å²) in [4.78, 5) is 12.4. The van der Waals surface area contributed by atoms with Crippen LogP contribution in [0.15, 0.2) is 49.2 Å². The zero-order valence-electron chi connectivity index (χ0n) is 14.7. The second-order valence-electron chi connectivity index (χ2n) is 6.65. The van der Waals surface area contributed by atoms with Gasteiger partial charge in [0.2, 0.25) is 5.88 Å². The third-order valence-corrected chi connectivity index (χ3v) is 3.55. The summed E-state index contributed by atoms with van der Waals surface area (Å²) < 4.78 is 7.58. The molecule has 0 radical (unpaired) electrons. The molecule has 3 rings (SSSR count). The molecular weight excluding hydrogens is 316 g/mol. The molecule has 2 aromatic heterocycles. The van der Waals surface area contributed by atoms with E-state index in [9.17, 15) is 0 Å². The highest BCUT2D eigenvalue weighted by Crippen LogP contribution is 2.19. The molecule has 7 nitrogen and oxygen atoms in total. The first-order chi connectivity index (χ1) is 12.0. The van der Waals surface area contributed by atoms with Crippen molar-refractivity contribution in [3.05, 3.63) is 60.6 Å². The van der Waals surface area contributed by atoms with Crippen LogP contribution in [0.1, 0.15) is 32.2 Å². The maximum atomic E-state index is 5.63. The first-order valence-corrected chi connectivity index (χ1v) is 8.15. The number of hydrogen-bond acceptors (Lipinski definition) is 6. The second kappa shape index (κ2) is 7.40. The van der Waals surface area contributed by atoms with E-state index in [4.69, 9.17) is 4.74 Å². The fraction of sp³-hybridized carbons (Fsp3) is 0.333.